The van der Waals surface area contributed by atoms with Crippen molar-refractivity contribution in [2.45, 2.75) is 45.2 Å². The summed E-state index contributed by atoms with van der Waals surface area (Å²) in [6.45, 7) is 4.45. The predicted molar refractivity (Wildman–Crippen MR) is 83.5 cm³/mol. The normalized spacial score (nSPS) is 26.6. The van der Waals surface area contributed by atoms with Crippen molar-refractivity contribution >= 4 is 10.0 Å². The topological polar surface area (TPSA) is 91.0 Å². The highest BCUT2D eigenvalue weighted by atomic mass is 32.2. The molecule has 3 rings (SSSR count). The van der Waals surface area contributed by atoms with E-state index in [1.165, 1.54) is 12.8 Å². The Morgan fingerprint density at radius 3 is 2.86 bits per heavy atom. The number of nitrogens with one attached hydrogen (secondary N) is 2. The van der Waals surface area contributed by atoms with Crippen molar-refractivity contribution in [2.75, 3.05) is 18.8 Å². The van der Waals surface area contributed by atoms with Gasteiger partial charge >= 0.3 is 0 Å². The largest absolute Gasteiger partial charge is 0.295 e. The van der Waals surface area contributed by atoms with Gasteiger partial charge in [0.1, 0.15) is 0 Å². The molecule has 7 nitrogen and oxygen atoms in total. The van der Waals surface area contributed by atoms with Gasteiger partial charge < -0.3 is 0 Å². The lowest BCUT2D eigenvalue weighted by Crippen LogP contribution is -2.42. The van der Waals surface area contributed by atoms with Crippen molar-refractivity contribution in [1.29, 1.82) is 0 Å². The van der Waals surface area contributed by atoms with E-state index < -0.39 is 10.0 Å². The molecule has 0 amide bonds. The van der Waals surface area contributed by atoms with E-state index in [0.29, 0.717) is 11.8 Å². The van der Waals surface area contributed by atoms with Crippen LogP contribution in [-0.4, -0.2) is 53.6 Å². The molecular weight excluding hydrogens is 302 g/mol. The van der Waals surface area contributed by atoms with Crippen LogP contribution in [0.15, 0.2) is 6.20 Å². The molecule has 8 heteroatoms. The molecule has 1 saturated carbocycles. The number of unbranched alkanes of at least 4 members (excludes halogenated alkanes) is 1. The van der Waals surface area contributed by atoms with Crippen molar-refractivity contribution in [2.24, 2.45) is 11.8 Å². The van der Waals surface area contributed by atoms with E-state index in [1.54, 1.807) is 6.20 Å². The molecule has 1 aliphatic heterocycles. The summed E-state index contributed by atoms with van der Waals surface area (Å²) in [6.07, 6.45) is 5.81. The lowest BCUT2D eigenvalue weighted by Gasteiger charge is -2.19. The summed E-state index contributed by atoms with van der Waals surface area (Å²) < 4.78 is 27.4. The van der Waals surface area contributed by atoms with E-state index in [1.807, 2.05) is 6.92 Å². The molecule has 1 aliphatic carbocycles. The third kappa shape index (κ3) is 4.05. The van der Waals surface area contributed by atoms with Gasteiger partial charge in [-0.1, -0.05) is 13.3 Å². The fourth-order valence-corrected chi connectivity index (χ4v) is 4.82. The van der Waals surface area contributed by atoms with E-state index in [4.69, 9.17) is 0 Å². The molecule has 0 aromatic carbocycles. The van der Waals surface area contributed by atoms with Crippen LogP contribution < -0.4 is 4.72 Å². The average Bonchev–Trinajstić information content (AvgIpc) is 3.05. The Morgan fingerprint density at radius 2 is 2.23 bits per heavy atom. The van der Waals surface area contributed by atoms with Gasteiger partial charge in [0.2, 0.25) is 10.0 Å². The summed E-state index contributed by atoms with van der Waals surface area (Å²) in [6, 6.07) is 0.0428. The lowest BCUT2D eigenvalue weighted by molar-refractivity contribution is 0.306. The van der Waals surface area contributed by atoms with Crippen LogP contribution in [0.5, 0.6) is 0 Å². The van der Waals surface area contributed by atoms with Crippen LogP contribution in [0.2, 0.25) is 0 Å². The van der Waals surface area contributed by atoms with Crippen LogP contribution in [-0.2, 0) is 16.6 Å². The van der Waals surface area contributed by atoms with Crippen molar-refractivity contribution in [1.82, 2.24) is 25.0 Å². The molecule has 0 unspecified atom stereocenters. The molecule has 0 radical (unpaired) electrons. The molecule has 2 heterocycles. The Labute approximate surface area is 131 Å². The Bertz CT molecular complexity index is 570. The Hall–Kier alpha value is -0.990. The average molecular weight is 327 g/mol. The number of hydrogen-bond acceptors (Lipinski definition) is 5. The van der Waals surface area contributed by atoms with E-state index in [9.17, 15) is 8.42 Å². The highest BCUT2D eigenvalue weighted by molar-refractivity contribution is 7.89. The standard InChI is InChI=1S/C14H25N5O2S/c1-2-3-6-22(20,21)17-14-10-19(8-12-7-15-18-16-12)9-13(14)11-4-5-11/h7,11,13-14,17H,2-6,8-10H2,1H3,(H,15,16,18)/t13-,14+/m1/s1. The predicted octanol–water partition coefficient (Wildman–Crippen LogP) is 0.735. The summed E-state index contributed by atoms with van der Waals surface area (Å²) >= 11 is 0. The van der Waals surface area contributed by atoms with E-state index in [0.717, 1.165) is 38.2 Å². The summed E-state index contributed by atoms with van der Waals surface area (Å²) in [5, 5.41) is 10.5. The number of sulfonamides is 1. The SMILES string of the molecule is CCCCS(=O)(=O)N[C@H]1CN(Cc2cn[nH]n2)C[C@@H]1C1CC1. The van der Waals surface area contributed by atoms with Gasteiger partial charge in [0.15, 0.2) is 0 Å². The van der Waals surface area contributed by atoms with Gasteiger partial charge in [-0.3, -0.25) is 4.90 Å². The van der Waals surface area contributed by atoms with Crippen LogP contribution in [0, 0.1) is 11.8 Å². The third-order valence-corrected chi connectivity index (χ3v) is 6.10. The van der Waals surface area contributed by atoms with Crippen molar-refractivity contribution in [3.8, 4) is 0 Å². The van der Waals surface area contributed by atoms with Crippen molar-refractivity contribution < 1.29 is 8.42 Å². The summed E-state index contributed by atoms with van der Waals surface area (Å²) in [5.74, 6) is 1.35. The number of aromatic amines is 1. The third-order valence-electron chi connectivity index (χ3n) is 4.62. The van der Waals surface area contributed by atoms with Gasteiger partial charge in [-0.25, -0.2) is 13.1 Å². The minimum Gasteiger partial charge on any atom is -0.295 e. The zero-order valence-corrected chi connectivity index (χ0v) is 13.8. The number of aromatic nitrogens is 3. The van der Waals surface area contributed by atoms with Crippen LogP contribution >= 0.6 is 0 Å². The first-order valence-corrected chi connectivity index (χ1v) is 9.79. The molecule has 1 aromatic heterocycles. The number of nitrogens with zero attached hydrogens (tertiary/aromatic N) is 3. The molecule has 124 valence electrons. The van der Waals surface area contributed by atoms with Crippen LogP contribution in [0.1, 0.15) is 38.3 Å². The van der Waals surface area contributed by atoms with Gasteiger partial charge in [-0.15, -0.1) is 0 Å². The Balaban J connectivity index is 1.61. The molecule has 0 spiro atoms. The fourth-order valence-electron chi connectivity index (χ4n) is 3.32. The Morgan fingerprint density at radius 1 is 1.41 bits per heavy atom. The second-order valence-corrected chi connectivity index (χ2v) is 8.43. The molecule has 1 aromatic rings. The van der Waals surface area contributed by atoms with E-state index >= 15 is 0 Å². The highest BCUT2D eigenvalue weighted by Crippen LogP contribution is 2.41. The molecule has 0 bridgehead atoms. The maximum Gasteiger partial charge on any atom is 0.211 e. The van der Waals surface area contributed by atoms with Crippen molar-refractivity contribution in [3.05, 3.63) is 11.9 Å². The first-order chi connectivity index (χ1) is 10.6. The van der Waals surface area contributed by atoms with Gasteiger partial charge in [-0.05, 0) is 31.1 Å². The number of likely N-dealkylation sites (tertiary alicyclic amines) is 1. The molecule has 2 atom stereocenters. The lowest BCUT2D eigenvalue weighted by atomic mass is 9.99. The zero-order valence-electron chi connectivity index (χ0n) is 13.0. The zero-order chi connectivity index (χ0) is 15.6. The van der Waals surface area contributed by atoms with Crippen molar-refractivity contribution in [3.63, 3.8) is 0 Å². The minimum absolute atomic E-state index is 0.0428. The number of rotatable bonds is 8. The molecule has 2 aliphatic rings. The second kappa shape index (κ2) is 6.64. The van der Waals surface area contributed by atoms with Gasteiger partial charge in [-0.2, -0.15) is 15.4 Å². The van der Waals surface area contributed by atoms with Crippen LogP contribution in [0.3, 0.4) is 0 Å². The first kappa shape index (κ1) is 15.9. The smallest absolute Gasteiger partial charge is 0.211 e. The fraction of sp³-hybridized carbons (Fsp3) is 0.857. The Kier molecular flexibility index (Phi) is 4.79. The number of hydrogen-bond donors (Lipinski definition) is 2. The van der Waals surface area contributed by atoms with Gasteiger partial charge in [0.25, 0.3) is 0 Å². The highest BCUT2D eigenvalue weighted by Gasteiger charge is 2.43. The molecule has 22 heavy (non-hydrogen) atoms. The molecule has 2 fully saturated rings. The minimum atomic E-state index is -3.16. The first-order valence-electron chi connectivity index (χ1n) is 8.14. The second-order valence-electron chi connectivity index (χ2n) is 6.55. The summed E-state index contributed by atoms with van der Waals surface area (Å²) in [7, 11) is -3.16. The number of H-pyrrole nitrogens is 1. The molecular formula is C14H25N5O2S. The maximum atomic E-state index is 12.2. The van der Waals surface area contributed by atoms with Crippen LogP contribution in [0.4, 0.5) is 0 Å². The van der Waals surface area contributed by atoms with E-state index in [2.05, 4.69) is 25.0 Å². The van der Waals surface area contributed by atoms with Crippen LogP contribution in [0.25, 0.3) is 0 Å². The van der Waals surface area contributed by atoms with E-state index in [-0.39, 0.29) is 11.8 Å². The van der Waals surface area contributed by atoms with Gasteiger partial charge in [0.05, 0.1) is 17.6 Å². The molecule has 2 N–H and O–H groups in total. The molecule has 1 saturated heterocycles. The van der Waals surface area contributed by atoms with Gasteiger partial charge in [0, 0.05) is 25.7 Å². The summed E-state index contributed by atoms with van der Waals surface area (Å²) in [5.41, 5.74) is 0.907. The summed E-state index contributed by atoms with van der Waals surface area (Å²) in [4.78, 5) is 2.29. The maximum absolute atomic E-state index is 12.2. The monoisotopic (exact) mass is 327 g/mol. The quantitative estimate of drug-likeness (QED) is 0.735.